The Morgan fingerprint density at radius 3 is 2.31 bits per heavy atom. The third kappa shape index (κ3) is 3.85. The Balaban J connectivity index is 1.78. The second-order valence-electron chi connectivity index (χ2n) is 8.32. The minimum atomic E-state index is -1.33. The van der Waals surface area contributed by atoms with Crippen molar-refractivity contribution in [3.8, 4) is 11.1 Å². The molecule has 2 atom stereocenters. The van der Waals surface area contributed by atoms with Crippen LogP contribution in [0, 0.1) is 5.82 Å². The SMILES string of the molecule is CN(C)[C@H]1CN(C(=O)c2cccc3c(-c4cccc(C(=O)O)c4F)cccc23)CC[C@@H]1O. The number of fused-ring (bicyclic) bond motifs is 1. The number of likely N-dealkylation sites (tertiary alicyclic amines) is 1. The zero-order valence-electron chi connectivity index (χ0n) is 18.0. The van der Waals surface area contributed by atoms with Crippen molar-refractivity contribution in [1.29, 1.82) is 0 Å². The van der Waals surface area contributed by atoms with Gasteiger partial charge < -0.3 is 20.0 Å². The van der Waals surface area contributed by atoms with E-state index < -0.39 is 23.5 Å². The first-order valence-corrected chi connectivity index (χ1v) is 10.5. The molecule has 1 aliphatic heterocycles. The van der Waals surface area contributed by atoms with E-state index in [9.17, 15) is 24.2 Å². The number of nitrogens with zero attached hydrogens (tertiary/aromatic N) is 2. The fourth-order valence-corrected chi connectivity index (χ4v) is 4.42. The number of piperidine rings is 1. The minimum Gasteiger partial charge on any atom is -0.478 e. The molecule has 32 heavy (non-hydrogen) atoms. The molecule has 0 aliphatic carbocycles. The van der Waals surface area contributed by atoms with Gasteiger partial charge in [-0.1, -0.05) is 42.5 Å². The van der Waals surface area contributed by atoms with Gasteiger partial charge in [0.1, 0.15) is 5.82 Å². The summed E-state index contributed by atoms with van der Waals surface area (Å²) in [6.45, 7) is 0.869. The molecule has 1 heterocycles. The van der Waals surface area contributed by atoms with Crippen LogP contribution in [-0.4, -0.2) is 71.2 Å². The van der Waals surface area contributed by atoms with Gasteiger partial charge in [0.2, 0.25) is 0 Å². The Hall–Kier alpha value is -3.29. The average Bonchev–Trinajstić information content (AvgIpc) is 2.78. The molecule has 1 amide bonds. The molecule has 3 aromatic carbocycles. The summed E-state index contributed by atoms with van der Waals surface area (Å²) in [5, 5.41) is 20.9. The van der Waals surface area contributed by atoms with Crippen LogP contribution in [0.25, 0.3) is 21.9 Å². The summed E-state index contributed by atoms with van der Waals surface area (Å²) >= 11 is 0. The van der Waals surface area contributed by atoms with Crippen LogP contribution in [0.2, 0.25) is 0 Å². The van der Waals surface area contributed by atoms with Crippen LogP contribution in [0.4, 0.5) is 4.39 Å². The molecular formula is C25H25FN2O4. The number of hydrogen-bond donors (Lipinski definition) is 2. The van der Waals surface area contributed by atoms with Gasteiger partial charge in [-0.15, -0.1) is 0 Å². The molecular weight excluding hydrogens is 411 g/mol. The molecule has 1 fully saturated rings. The second kappa shape index (κ2) is 8.68. The van der Waals surface area contributed by atoms with Crippen molar-refractivity contribution in [2.75, 3.05) is 27.2 Å². The first-order valence-electron chi connectivity index (χ1n) is 10.5. The van der Waals surface area contributed by atoms with Crippen LogP contribution >= 0.6 is 0 Å². The van der Waals surface area contributed by atoms with Crippen LogP contribution in [-0.2, 0) is 0 Å². The fraction of sp³-hybridized carbons (Fsp3) is 0.280. The smallest absolute Gasteiger partial charge is 0.338 e. The van der Waals surface area contributed by atoms with Crippen molar-refractivity contribution in [2.24, 2.45) is 0 Å². The van der Waals surface area contributed by atoms with Crippen LogP contribution in [0.3, 0.4) is 0 Å². The minimum absolute atomic E-state index is 0.147. The maximum absolute atomic E-state index is 15.0. The zero-order chi connectivity index (χ0) is 23.0. The molecule has 0 spiro atoms. The number of carboxylic acids is 1. The number of carbonyl (C=O) groups is 2. The third-order valence-corrected chi connectivity index (χ3v) is 6.17. The Labute approximate surface area is 185 Å². The average molecular weight is 436 g/mol. The third-order valence-electron chi connectivity index (χ3n) is 6.17. The van der Waals surface area contributed by atoms with E-state index in [1.807, 2.05) is 25.1 Å². The number of likely N-dealkylation sites (N-methyl/N-ethyl adjacent to an activating group) is 1. The number of halogens is 1. The highest BCUT2D eigenvalue weighted by molar-refractivity contribution is 6.10. The number of aliphatic hydroxyl groups is 1. The predicted molar refractivity (Wildman–Crippen MR) is 120 cm³/mol. The number of carbonyl (C=O) groups excluding carboxylic acids is 1. The summed E-state index contributed by atoms with van der Waals surface area (Å²) in [7, 11) is 3.76. The largest absolute Gasteiger partial charge is 0.478 e. The zero-order valence-corrected chi connectivity index (χ0v) is 18.0. The number of amides is 1. The topological polar surface area (TPSA) is 81.1 Å². The normalized spacial score (nSPS) is 18.8. The lowest BCUT2D eigenvalue weighted by atomic mass is 9.93. The van der Waals surface area contributed by atoms with Crippen LogP contribution in [0.1, 0.15) is 27.1 Å². The molecule has 0 radical (unpaired) electrons. The van der Waals surface area contributed by atoms with Crippen molar-refractivity contribution in [3.05, 3.63) is 71.5 Å². The summed E-state index contributed by atoms with van der Waals surface area (Å²) in [5.41, 5.74) is 0.799. The van der Waals surface area contributed by atoms with Gasteiger partial charge in [-0.2, -0.15) is 0 Å². The standard InChI is InChI=1S/C25H25FN2O4/c1-27(2)21-14-28(13-12-22(21)29)24(30)19-10-4-6-15-16(7-3-8-17(15)19)18-9-5-11-20(23(18)26)25(31)32/h3-11,21-22,29H,12-14H2,1-2H3,(H,31,32)/t21-,22-/m0/s1. The number of carboxylic acid groups (broad SMARTS) is 1. The molecule has 2 N–H and O–H groups in total. The highest BCUT2D eigenvalue weighted by Gasteiger charge is 2.32. The number of aromatic carboxylic acids is 1. The molecule has 0 saturated carbocycles. The van der Waals surface area contributed by atoms with Gasteiger partial charge in [0.05, 0.1) is 17.7 Å². The highest BCUT2D eigenvalue weighted by atomic mass is 19.1. The Kier molecular flexibility index (Phi) is 5.95. The summed E-state index contributed by atoms with van der Waals surface area (Å²) in [5.74, 6) is -2.28. The quantitative estimate of drug-likeness (QED) is 0.655. The van der Waals surface area contributed by atoms with Crippen molar-refractivity contribution in [1.82, 2.24) is 9.80 Å². The molecule has 6 nitrogen and oxygen atoms in total. The van der Waals surface area contributed by atoms with Crippen LogP contribution in [0.5, 0.6) is 0 Å². The monoisotopic (exact) mass is 436 g/mol. The van der Waals surface area contributed by atoms with Gasteiger partial charge in [-0.3, -0.25) is 4.79 Å². The van der Waals surface area contributed by atoms with Crippen molar-refractivity contribution in [3.63, 3.8) is 0 Å². The van der Waals surface area contributed by atoms with Crippen molar-refractivity contribution >= 4 is 22.6 Å². The van der Waals surface area contributed by atoms with Gasteiger partial charge in [0.15, 0.2) is 0 Å². The van der Waals surface area contributed by atoms with Gasteiger partial charge in [0.25, 0.3) is 5.91 Å². The molecule has 0 aromatic heterocycles. The van der Waals surface area contributed by atoms with Crippen LogP contribution < -0.4 is 0 Å². The van der Waals surface area contributed by atoms with Crippen LogP contribution in [0.15, 0.2) is 54.6 Å². The predicted octanol–water partition coefficient (Wildman–Crippen LogP) is 3.48. The van der Waals surface area contributed by atoms with Gasteiger partial charge in [-0.25, -0.2) is 9.18 Å². The summed E-state index contributed by atoms with van der Waals surface area (Å²) in [4.78, 5) is 28.5. The van der Waals surface area contributed by atoms with Crippen molar-refractivity contribution < 1.29 is 24.2 Å². The highest BCUT2D eigenvalue weighted by Crippen LogP contribution is 2.33. The molecule has 7 heteroatoms. The molecule has 1 saturated heterocycles. The number of benzene rings is 3. The van der Waals surface area contributed by atoms with Crippen molar-refractivity contribution in [2.45, 2.75) is 18.6 Å². The van der Waals surface area contributed by atoms with Gasteiger partial charge in [0, 0.05) is 24.2 Å². The molecule has 3 aromatic rings. The van der Waals surface area contributed by atoms with Gasteiger partial charge in [-0.05, 0) is 49.0 Å². The first-order chi connectivity index (χ1) is 15.3. The van der Waals surface area contributed by atoms with E-state index in [4.69, 9.17) is 0 Å². The van der Waals surface area contributed by atoms with E-state index in [0.717, 1.165) is 0 Å². The summed E-state index contributed by atoms with van der Waals surface area (Å²) < 4.78 is 15.0. The molecule has 0 bridgehead atoms. The fourth-order valence-electron chi connectivity index (χ4n) is 4.42. The molecule has 0 unspecified atom stereocenters. The maximum atomic E-state index is 15.0. The van der Waals surface area contributed by atoms with E-state index >= 15 is 0 Å². The molecule has 4 rings (SSSR count). The maximum Gasteiger partial charge on any atom is 0.338 e. The lowest BCUT2D eigenvalue weighted by Gasteiger charge is -2.39. The molecule has 166 valence electrons. The van der Waals surface area contributed by atoms with E-state index in [-0.39, 0.29) is 17.5 Å². The number of aliphatic hydroxyl groups excluding tert-OH is 1. The lowest BCUT2D eigenvalue weighted by Crippen LogP contribution is -2.54. The Bertz CT molecular complexity index is 1190. The van der Waals surface area contributed by atoms with E-state index in [0.29, 0.717) is 41.4 Å². The first kappa shape index (κ1) is 21.9. The molecule has 1 aliphatic rings. The Morgan fingerprint density at radius 1 is 0.969 bits per heavy atom. The summed E-state index contributed by atoms with van der Waals surface area (Å²) in [6.07, 6.45) is 0.00953. The van der Waals surface area contributed by atoms with E-state index in [2.05, 4.69) is 0 Å². The Morgan fingerprint density at radius 2 is 1.59 bits per heavy atom. The lowest BCUT2D eigenvalue weighted by molar-refractivity contribution is 0.00893. The summed E-state index contributed by atoms with van der Waals surface area (Å²) in [6, 6.07) is 14.7. The van der Waals surface area contributed by atoms with E-state index in [1.165, 1.54) is 12.1 Å². The van der Waals surface area contributed by atoms with Gasteiger partial charge >= 0.3 is 5.97 Å². The number of hydrogen-bond acceptors (Lipinski definition) is 4. The van der Waals surface area contributed by atoms with E-state index in [1.54, 1.807) is 41.3 Å². The second-order valence-corrected chi connectivity index (χ2v) is 8.32. The number of rotatable bonds is 4.